The maximum Gasteiger partial charge on any atom is 0.347 e. The van der Waals surface area contributed by atoms with Crippen molar-refractivity contribution in [1.29, 1.82) is 0 Å². The topological polar surface area (TPSA) is 55.1 Å². The number of nitrogens with zero attached hydrogens (tertiary/aromatic N) is 2. The van der Waals surface area contributed by atoms with Crippen LogP contribution >= 0.6 is 11.6 Å². The summed E-state index contributed by atoms with van der Waals surface area (Å²) in [5.41, 5.74) is 0.728. The zero-order valence-corrected chi connectivity index (χ0v) is 13.8. The summed E-state index contributed by atoms with van der Waals surface area (Å²) >= 11 is 5.87. The van der Waals surface area contributed by atoms with Crippen LogP contribution in [0.1, 0.15) is 43.4 Å². The van der Waals surface area contributed by atoms with Crippen molar-refractivity contribution in [2.24, 2.45) is 0 Å². The molecule has 23 heavy (non-hydrogen) atoms. The lowest BCUT2D eigenvalue weighted by atomic mass is 9.85. The first-order chi connectivity index (χ1) is 11.0. The van der Waals surface area contributed by atoms with Crippen molar-refractivity contribution in [2.75, 3.05) is 0 Å². The molecule has 0 atom stereocenters. The third kappa shape index (κ3) is 4.21. The van der Waals surface area contributed by atoms with Crippen LogP contribution in [0, 0.1) is 0 Å². The lowest BCUT2D eigenvalue weighted by Crippen LogP contribution is -2.40. The summed E-state index contributed by atoms with van der Waals surface area (Å²) in [6.45, 7) is 0.333. The van der Waals surface area contributed by atoms with E-state index in [0.29, 0.717) is 18.0 Å². The van der Waals surface area contributed by atoms with Crippen LogP contribution in [-0.4, -0.2) is 20.3 Å². The van der Waals surface area contributed by atoms with Crippen molar-refractivity contribution >= 4 is 11.6 Å². The van der Waals surface area contributed by atoms with E-state index in [-0.39, 0.29) is 5.69 Å². The number of rotatable bonds is 4. The standard InChI is InChI=1S/C18H21ClN2O2/c19-15-6-4-14(5-7-15)12-16-8-11-21(17(22)20-16)13-18(23)9-2-1-3-10-18/h4-8,11,23H,1-3,9-10,12-13H2. The zero-order valence-electron chi connectivity index (χ0n) is 13.0. The molecule has 1 fully saturated rings. The van der Waals surface area contributed by atoms with Crippen LogP contribution in [0.25, 0.3) is 0 Å². The predicted octanol–water partition coefficient (Wildman–Crippen LogP) is 3.18. The first-order valence-electron chi connectivity index (χ1n) is 8.07. The molecule has 1 aliphatic rings. The number of halogens is 1. The van der Waals surface area contributed by atoms with Gasteiger partial charge in [-0.05, 0) is 36.6 Å². The van der Waals surface area contributed by atoms with Crippen LogP contribution in [0.4, 0.5) is 0 Å². The van der Waals surface area contributed by atoms with Crippen molar-refractivity contribution in [3.05, 3.63) is 63.3 Å². The van der Waals surface area contributed by atoms with Gasteiger partial charge in [-0.15, -0.1) is 0 Å². The summed E-state index contributed by atoms with van der Waals surface area (Å²) in [7, 11) is 0. The van der Waals surface area contributed by atoms with Crippen LogP contribution in [0.5, 0.6) is 0 Å². The molecule has 4 nitrogen and oxygen atoms in total. The summed E-state index contributed by atoms with van der Waals surface area (Å²) < 4.78 is 1.52. The molecule has 0 radical (unpaired) electrons. The van der Waals surface area contributed by atoms with Crippen LogP contribution in [0.15, 0.2) is 41.3 Å². The van der Waals surface area contributed by atoms with Gasteiger partial charge < -0.3 is 5.11 Å². The Morgan fingerprint density at radius 2 is 1.83 bits per heavy atom. The van der Waals surface area contributed by atoms with Gasteiger partial charge >= 0.3 is 5.69 Å². The maximum absolute atomic E-state index is 12.2. The molecule has 1 aromatic heterocycles. The molecule has 1 aromatic carbocycles. The Labute approximate surface area is 140 Å². The normalized spacial score (nSPS) is 17.1. The Bertz CT molecular complexity index is 719. The summed E-state index contributed by atoms with van der Waals surface area (Å²) in [5, 5.41) is 11.3. The van der Waals surface area contributed by atoms with Crippen molar-refractivity contribution in [2.45, 2.75) is 50.7 Å². The van der Waals surface area contributed by atoms with Crippen molar-refractivity contribution in [3.8, 4) is 0 Å². The van der Waals surface area contributed by atoms with E-state index in [2.05, 4.69) is 4.98 Å². The first kappa shape index (κ1) is 16.2. The fraction of sp³-hybridized carbons (Fsp3) is 0.444. The Balaban J connectivity index is 1.72. The minimum Gasteiger partial charge on any atom is -0.388 e. The summed E-state index contributed by atoms with van der Waals surface area (Å²) in [5.74, 6) is 0. The van der Waals surface area contributed by atoms with Gasteiger partial charge in [-0.2, -0.15) is 4.98 Å². The Morgan fingerprint density at radius 1 is 1.13 bits per heavy atom. The van der Waals surface area contributed by atoms with Crippen molar-refractivity contribution in [1.82, 2.24) is 9.55 Å². The average Bonchev–Trinajstić information content (AvgIpc) is 2.53. The molecule has 2 aromatic rings. The van der Waals surface area contributed by atoms with E-state index in [9.17, 15) is 9.90 Å². The third-order valence-electron chi connectivity index (χ3n) is 4.48. The van der Waals surface area contributed by atoms with E-state index in [1.165, 1.54) is 4.57 Å². The average molecular weight is 333 g/mol. The smallest absolute Gasteiger partial charge is 0.347 e. The molecular weight excluding hydrogens is 312 g/mol. The summed E-state index contributed by atoms with van der Waals surface area (Å²) in [6.07, 6.45) is 7.05. The number of hydrogen-bond acceptors (Lipinski definition) is 3. The lowest BCUT2D eigenvalue weighted by molar-refractivity contribution is -0.0125. The van der Waals surface area contributed by atoms with Gasteiger partial charge in [0.1, 0.15) is 0 Å². The quantitative estimate of drug-likeness (QED) is 0.935. The highest BCUT2D eigenvalue weighted by atomic mass is 35.5. The van der Waals surface area contributed by atoms with E-state index in [1.54, 1.807) is 6.20 Å². The second kappa shape index (κ2) is 6.85. The molecule has 1 saturated carbocycles. The molecule has 122 valence electrons. The highest BCUT2D eigenvalue weighted by molar-refractivity contribution is 6.30. The Morgan fingerprint density at radius 3 is 2.48 bits per heavy atom. The van der Waals surface area contributed by atoms with Gasteiger partial charge in [0.15, 0.2) is 0 Å². The van der Waals surface area contributed by atoms with Gasteiger partial charge in [-0.3, -0.25) is 4.57 Å². The molecule has 3 rings (SSSR count). The fourth-order valence-corrected chi connectivity index (χ4v) is 3.31. The van der Waals surface area contributed by atoms with Crippen LogP contribution in [-0.2, 0) is 13.0 Å². The molecule has 0 amide bonds. The molecule has 1 N–H and O–H groups in total. The van der Waals surface area contributed by atoms with E-state index >= 15 is 0 Å². The Kier molecular flexibility index (Phi) is 4.83. The van der Waals surface area contributed by atoms with Gasteiger partial charge in [0.2, 0.25) is 0 Å². The van der Waals surface area contributed by atoms with E-state index in [4.69, 9.17) is 11.6 Å². The van der Waals surface area contributed by atoms with E-state index in [0.717, 1.165) is 43.4 Å². The number of aromatic nitrogens is 2. The second-order valence-electron chi connectivity index (χ2n) is 6.42. The van der Waals surface area contributed by atoms with Gasteiger partial charge in [0, 0.05) is 17.6 Å². The van der Waals surface area contributed by atoms with Gasteiger partial charge in [-0.25, -0.2) is 4.79 Å². The Hall–Kier alpha value is -1.65. The first-order valence-corrected chi connectivity index (χ1v) is 8.45. The second-order valence-corrected chi connectivity index (χ2v) is 6.85. The van der Waals surface area contributed by atoms with Crippen LogP contribution in [0.3, 0.4) is 0 Å². The van der Waals surface area contributed by atoms with Gasteiger partial charge in [0.05, 0.1) is 17.8 Å². The minimum atomic E-state index is -0.762. The zero-order chi connectivity index (χ0) is 16.3. The molecule has 0 aliphatic heterocycles. The van der Waals surface area contributed by atoms with Crippen molar-refractivity contribution < 1.29 is 5.11 Å². The fourth-order valence-electron chi connectivity index (χ4n) is 3.18. The van der Waals surface area contributed by atoms with Crippen molar-refractivity contribution in [3.63, 3.8) is 0 Å². The molecule has 0 unspecified atom stereocenters. The van der Waals surface area contributed by atoms with E-state index in [1.807, 2.05) is 30.3 Å². The molecule has 0 saturated heterocycles. The molecule has 5 heteroatoms. The molecule has 1 aliphatic carbocycles. The van der Waals surface area contributed by atoms with Gasteiger partial charge in [0.25, 0.3) is 0 Å². The molecule has 0 bridgehead atoms. The summed E-state index contributed by atoms with van der Waals surface area (Å²) in [6, 6.07) is 9.37. The summed E-state index contributed by atoms with van der Waals surface area (Å²) in [4.78, 5) is 16.4. The van der Waals surface area contributed by atoms with Crippen LogP contribution in [0.2, 0.25) is 5.02 Å². The monoisotopic (exact) mass is 332 g/mol. The minimum absolute atomic E-state index is 0.296. The highest BCUT2D eigenvalue weighted by Gasteiger charge is 2.29. The third-order valence-corrected chi connectivity index (χ3v) is 4.73. The lowest BCUT2D eigenvalue weighted by Gasteiger charge is -2.32. The predicted molar refractivity (Wildman–Crippen MR) is 90.8 cm³/mol. The van der Waals surface area contributed by atoms with Gasteiger partial charge in [-0.1, -0.05) is 43.0 Å². The molecular formula is C18H21ClN2O2. The maximum atomic E-state index is 12.2. The number of hydrogen-bond donors (Lipinski definition) is 1. The largest absolute Gasteiger partial charge is 0.388 e. The number of benzene rings is 1. The molecule has 1 heterocycles. The SMILES string of the molecule is O=c1nc(Cc2ccc(Cl)cc2)ccn1CC1(O)CCCCC1. The molecule has 0 spiro atoms. The highest BCUT2D eigenvalue weighted by Crippen LogP contribution is 2.29. The van der Waals surface area contributed by atoms with E-state index < -0.39 is 5.60 Å². The van der Waals surface area contributed by atoms with Crippen LogP contribution < -0.4 is 5.69 Å². The number of aliphatic hydroxyl groups is 1.